The molecule has 0 saturated carbocycles. The SMILES string of the molecule is O=C(O)C(O)=CC1=C[NH2+]C=N1.[Cl-]. The van der Waals surface area contributed by atoms with Gasteiger partial charge in [0.25, 0.3) is 0 Å². The van der Waals surface area contributed by atoms with Gasteiger partial charge in [-0.25, -0.2) is 4.79 Å². The van der Waals surface area contributed by atoms with Gasteiger partial charge in [-0.05, 0) is 0 Å². The minimum absolute atomic E-state index is 0. The molecule has 66 valence electrons. The van der Waals surface area contributed by atoms with E-state index in [0.717, 1.165) is 6.08 Å². The second-order valence-corrected chi connectivity index (χ2v) is 1.90. The van der Waals surface area contributed by atoms with Crippen molar-refractivity contribution in [1.82, 2.24) is 0 Å². The molecule has 0 fully saturated rings. The minimum atomic E-state index is -1.35. The number of aliphatic hydroxyl groups excluding tert-OH is 1. The molecule has 1 heterocycles. The van der Waals surface area contributed by atoms with Crippen molar-refractivity contribution >= 4 is 12.3 Å². The van der Waals surface area contributed by atoms with Crippen molar-refractivity contribution in [3.8, 4) is 0 Å². The number of carboxylic acids is 1. The van der Waals surface area contributed by atoms with Crippen molar-refractivity contribution in [3.05, 3.63) is 23.7 Å². The van der Waals surface area contributed by atoms with Gasteiger partial charge in [0, 0.05) is 6.08 Å². The van der Waals surface area contributed by atoms with E-state index >= 15 is 0 Å². The first-order chi connectivity index (χ1) is 5.20. The maximum Gasteiger partial charge on any atom is 0.371 e. The van der Waals surface area contributed by atoms with Crippen LogP contribution in [-0.4, -0.2) is 22.5 Å². The number of nitrogens with zero attached hydrogens (tertiary/aromatic N) is 1. The fraction of sp³-hybridized carbons (Fsp3) is 0. The molecule has 0 aliphatic carbocycles. The Morgan fingerprint density at radius 3 is 2.67 bits per heavy atom. The molecule has 0 bridgehead atoms. The average molecular weight is 191 g/mol. The molecule has 1 rings (SSSR count). The number of quaternary nitrogens is 1. The average Bonchev–Trinajstić information content (AvgIpc) is 2.39. The maximum absolute atomic E-state index is 10.1. The Kier molecular flexibility index (Phi) is 4.03. The lowest BCUT2D eigenvalue weighted by Gasteiger charge is -1.88. The third-order valence-corrected chi connectivity index (χ3v) is 1.08. The molecule has 0 aromatic heterocycles. The van der Waals surface area contributed by atoms with Gasteiger partial charge in [0.2, 0.25) is 5.76 Å². The molecule has 0 aromatic carbocycles. The lowest BCUT2D eigenvalue weighted by Crippen LogP contribution is -3.00. The molecule has 1 aliphatic rings. The summed E-state index contributed by atoms with van der Waals surface area (Å²) in [5, 5.41) is 18.6. The quantitative estimate of drug-likeness (QED) is 0.306. The standard InChI is InChI=1S/C6H6N2O3.ClH/c9-5(6(10)11)1-4-2-7-3-8-4;/h1-3,9H,(H,7,8)(H,10,11);1H. The highest BCUT2D eigenvalue weighted by molar-refractivity contribution is 5.84. The van der Waals surface area contributed by atoms with Gasteiger partial charge in [0.15, 0.2) is 6.34 Å². The third kappa shape index (κ3) is 2.73. The van der Waals surface area contributed by atoms with Crippen LogP contribution in [0.2, 0.25) is 0 Å². The van der Waals surface area contributed by atoms with Crippen LogP contribution in [0, 0.1) is 0 Å². The first kappa shape index (κ1) is 10.7. The van der Waals surface area contributed by atoms with E-state index in [9.17, 15) is 4.79 Å². The number of aliphatic imine (C=N–C) groups is 1. The number of halogens is 1. The topological polar surface area (TPSA) is 86.5 Å². The lowest BCUT2D eigenvalue weighted by molar-refractivity contribution is -0.447. The summed E-state index contributed by atoms with van der Waals surface area (Å²) in [6.07, 6.45) is 4.20. The minimum Gasteiger partial charge on any atom is -1.00 e. The normalized spacial score (nSPS) is 15.3. The van der Waals surface area contributed by atoms with Crippen molar-refractivity contribution in [2.24, 2.45) is 4.99 Å². The van der Waals surface area contributed by atoms with E-state index in [1.54, 1.807) is 11.5 Å². The van der Waals surface area contributed by atoms with Crippen LogP contribution in [0.25, 0.3) is 0 Å². The Morgan fingerprint density at radius 1 is 1.58 bits per heavy atom. The van der Waals surface area contributed by atoms with Crippen molar-refractivity contribution in [1.29, 1.82) is 0 Å². The van der Waals surface area contributed by atoms with E-state index in [0.29, 0.717) is 5.70 Å². The van der Waals surface area contributed by atoms with E-state index < -0.39 is 11.7 Å². The largest absolute Gasteiger partial charge is 1.00 e. The summed E-state index contributed by atoms with van der Waals surface area (Å²) in [6.45, 7) is 0. The zero-order valence-electron chi connectivity index (χ0n) is 5.94. The van der Waals surface area contributed by atoms with Crippen LogP contribution in [0.15, 0.2) is 28.7 Å². The smallest absolute Gasteiger partial charge is 0.371 e. The summed E-state index contributed by atoms with van der Waals surface area (Å²) >= 11 is 0. The fourth-order valence-electron chi connectivity index (χ4n) is 0.601. The number of aliphatic hydroxyl groups is 1. The van der Waals surface area contributed by atoms with Crippen molar-refractivity contribution in [2.75, 3.05) is 0 Å². The third-order valence-electron chi connectivity index (χ3n) is 1.08. The van der Waals surface area contributed by atoms with Gasteiger partial charge in [0.1, 0.15) is 11.9 Å². The molecule has 0 spiro atoms. The molecule has 1 aliphatic heterocycles. The Balaban J connectivity index is 0.00000121. The van der Waals surface area contributed by atoms with Crippen LogP contribution in [0.5, 0.6) is 0 Å². The molecule has 6 heteroatoms. The molecular formula is C6H7ClN2O3. The van der Waals surface area contributed by atoms with Crippen LogP contribution in [0.4, 0.5) is 0 Å². The maximum atomic E-state index is 10.1. The number of carboxylic acid groups (broad SMARTS) is 1. The Morgan fingerprint density at radius 2 is 2.25 bits per heavy atom. The number of hydrogen-bond donors (Lipinski definition) is 3. The highest BCUT2D eigenvalue weighted by Crippen LogP contribution is 2.00. The first-order valence-electron chi connectivity index (χ1n) is 2.92. The molecule has 4 N–H and O–H groups in total. The van der Waals surface area contributed by atoms with Crippen LogP contribution in [0.1, 0.15) is 0 Å². The molecule has 0 aromatic rings. The van der Waals surface area contributed by atoms with E-state index in [1.807, 2.05) is 0 Å². The highest BCUT2D eigenvalue weighted by Gasteiger charge is 2.06. The van der Waals surface area contributed by atoms with E-state index in [2.05, 4.69) is 4.99 Å². The zero-order valence-corrected chi connectivity index (χ0v) is 6.69. The summed E-state index contributed by atoms with van der Waals surface area (Å²) in [4.78, 5) is 13.8. The summed E-state index contributed by atoms with van der Waals surface area (Å²) in [6, 6.07) is 0. The summed E-state index contributed by atoms with van der Waals surface area (Å²) < 4.78 is 0. The second-order valence-electron chi connectivity index (χ2n) is 1.90. The predicted octanol–water partition coefficient (Wildman–Crippen LogP) is -4.04. The van der Waals surface area contributed by atoms with Crippen molar-refractivity contribution < 1.29 is 32.7 Å². The molecule has 0 radical (unpaired) electrons. The molecule has 12 heavy (non-hydrogen) atoms. The first-order valence-corrected chi connectivity index (χ1v) is 2.92. The van der Waals surface area contributed by atoms with Crippen LogP contribution >= 0.6 is 0 Å². The fourth-order valence-corrected chi connectivity index (χ4v) is 0.601. The number of carbonyl (C=O) groups is 1. The number of nitrogens with two attached hydrogens (primary N) is 1. The summed E-state index contributed by atoms with van der Waals surface area (Å²) in [5.74, 6) is -2.06. The van der Waals surface area contributed by atoms with E-state index in [4.69, 9.17) is 10.2 Å². The van der Waals surface area contributed by atoms with Gasteiger partial charge in [-0.2, -0.15) is 4.99 Å². The second kappa shape index (κ2) is 4.53. The molecule has 0 atom stereocenters. The summed E-state index contributed by atoms with van der Waals surface area (Å²) in [7, 11) is 0. The van der Waals surface area contributed by atoms with E-state index in [-0.39, 0.29) is 12.4 Å². The number of allylic oxidation sites excluding steroid dienone is 1. The predicted molar refractivity (Wildman–Crippen MR) is 36.8 cm³/mol. The van der Waals surface area contributed by atoms with Crippen LogP contribution in [-0.2, 0) is 4.79 Å². The van der Waals surface area contributed by atoms with Crippen LogP contribution < -0.4 is 17.7 Å². The Labute approximate surface area is 74.5 Å². The van der Waals surface area contributed by atoms with Gasteiger partial charge in [-0.15, -0.1) is 0 Å². The van der Waals surface area contributed by atoms with Crippen molar-refractivity contribution in [3.63, 3.8) is 0 Å². The molecule has 0 amide bonds. The zero-order chi connectivity index (χ0) is 8.27. The van der Waals surface area contributed by atoms with Gasteiger partial charge >= 0.3 is 5.97 Å². The molecule has 0 unspecified atom stereocenters. The molecule has 0 saturated heterocycles. The Bertz CT molecular complexity index is 270. The molecular weight excluding hydrogens is 184 g/mol. The van der Waals surface area contributed by atoms with Crippen LogP contribution in [0.3, 0.4) is 0 Å². The van der Waals surface area contributed by atoms with Gasteiger partial charge < -0.3 is 22.6 Å². The molecule has 5 nitrogen and oxygen atoms in total. The van der Waals surface area contributed by atoms with Crippen molar-refractivity contribution in [2.45, 2.75) is 0 Å². The highest BCUT2D eigenvalue weighted by atomic mass is 35.5. The van der Waals surface area contributed by atoms with Gasteiger partial charge in [-0.1, -0.05) is 0 Å². The Hall–Kier alpha value is -1.33. The monoisotopic (exact) mass is 190 g/mol. The summed E-state index contributed by atoms with van der Waals surface area (Å²) in [5.41, 5.74) is 0.435. The van der Waals surface area contributed by atoms with Gasteiger partial charge in [0.05, 0.1) is 0 Å². The number of rotatable bonds is 2. The number of hydrogen-bond acceptors (Lipinski definition) is 3. The lowest BCUT2D eigenvalue weighted by atomic mass is 10.4. The van der Waals surface area contributed by atoms with Gasteiger partial charge in [-0.3, -0.25) is 5.32 Å². The van der Waals surface area contributed by atoms with E-state index in [1.165, 1.54) is 6.34 Å². The number of aliphatic carboxylic acids is 1.